The van der Waals surface area contributed by atoms with Crippen LogP contribution in [0.2, 0.25) is 0 Å². The number of nitrogens with one attached hydrogen (secondary N) is 1. The van der Waals surface area contributed by atoms with Gasteiger partial charge in [0.2, 0.25) is 5.91 Å². The first-order valence-electron chi connectivity index (χ1n) is 5.95. The number of ether oxygens (including phenoxy) is 1. The highest BCUT2D eigenvalue weighted by atomic mass is 16.5. The summed E-state index contributed by atoms with van der Waals surface area (Å²) in [4.78, 5) is 13.9. The molecule has 0 unspecified atom stereocenters. The van der Waals surface area contributed by atoms with Crippen LogP contribution in [0.1, 0.15) is 12.8 Å². The lowest BCUT2D eigenvalue weighted by molar-refractivity contribution is -0.118. The van der Waals surface area contributed by atoms with Crippen LogP contribution < -0.4 is 10.2 Å². The van der Waals surface area contributed by atoms with E-state index in [4.69, 9.17) is 4.74 Å². The summed E-state index contributed by atoms with van der Waals surface area (Å²) < 4.78 is 5.07. The van der Waals surface area contributed by atoms with E-state index in [1.54, 1.807) is 7.11 Å². The van der Waals surface area contributed by atoms with E-state index in [1.807, 2.05) is 29.2 Å². The zero-order chi connectivity index (χ0) is 12.1. The van der Waals surface area contributed by atoms with E-state index in [-0.39, 0.29) is 5.91 Å². The van der Waals surface area contributed by atoms with Crippen LogP contribution in [0, 0.1) is 0 Å². The van der Waals surface area contributed by atoms with Crippen LogP contribution in [-0.4, -0.2) is 32.7 Å². The minimum absolute atomic E-state index is 0.177. The summed E-state index contributed by atoms with van der Waals surface area (Å²) in [6, 6.07) is 7.91. The Balaban J connectivity index is 2.29. The molecule has 4 heteroatoms. The van der Waals surface area contributed by atoms with Crippen LogP contribution in [-0.2, 0) is 9.53 Å². The first-order chi connectivity index (χ1) is 8.33. The first-order valence-corrected chi connectivity index (χ1v) is 5.95. The molecule has 2 rings (SSSR count). The molecule has 0 fully saturated rings. The second kappa shape index (κ2) is 5.68. The molecule has 92 valence electrons. The van der Waals surface area contributed by atoms with Gasteiger partial charge in [-0.3, -0.25) is 4.79 Å². The molecular weight excluding hydrogens is 216 g/mol. The number of fused-ring (bicyclic) bond motifs is 1. The molecule has 0 aliphatic carbocycles. The topological polar surface area (TPSA) is 41.6 Å². The Labute approximate surface area is 102 Å². The smallest absolute Gasteiger partial charge is 0.227 e. The number of methoxy groups -OCH3 is 1. The number of carbonyl (C=O) groups excluding carboxylic acids is 1. The van der Waals surface area contributed by atoms with Gasteiger partial charge in [-0.2, -0.15) is 0 Å². The van der Waals surface area contributed by atoms with E-state index < -0.39 is 0 Å². The minimum atomic E-state index is 0.177. The third-order valence-corrected chi connectivity index (χ3v) is 2.90. The summed E-state index contributed by atoms with van der Waals surface area (Å²) in [5, 5.41) is 3.36. The molecule has 1 N–H and O–H groups in total. The quantitative estimate of drug-likeness (QED) is 0.868. The number of anilines is 2. The van der Waals surface area contributed by atoms with Gasteiger partial charge in [0.25, 0.3) is 0 Å². The van der Waals surface area contributed by atoms with Crippen LogP contribution in [0.4, 0.5) is 11.4 Å². The molecule has 0 spiro atoms. The van der Waals surface area contributed by atoms with Gasteiger partial charge in [0.15, 0.2) is 0 Å². The van der Waals surface area contributed by atoms with Crippen LogP contribution in [0.25, 0.3) is 0 Å². The van der Waals surface area contributed by atoms with Crippen molar-refractivity contribution in [1.29, 1.82) is 0 Å². The van der Waals surface area contributed by atoms with E-state index in [1.165, 1.54) is 0 Å². The third-order valence-electron chi connectivity index (χ3n) is 2.90. The lowest BCUT2D eigenvalue weighted by atomic mass is 10.1. The van der Waals surface area contributed by atoms with E-state index >= 15 is 0 Å². The Morgan fingerprint density at radius 3 is 3.06 bits per heavy atom. The summed E-state index contributed by atoms with van der Waals surface area (Å²) in [5.74, 6) is 0.177. The number of hydrogen-bond acceptors (Lipinski definition) is 3. The van der Waals surface area contributed by atoms with E-state index in [0.29, 0.717) is 19.6 Å². The molecule has 0 radical (unpaired) electrons. The van der Waals surface area contributed by atoms with Gasteiger partial charge < -0.3 is 15.0 Å². The second-order valence-corrected chi connectivity index (χ2v) is 4.09. The van der Waals surface area contributed by atoms with Crippen molar-refractivity contribution in [3.63, 3.8) is 0 Å². The normalized spacial score (nSPS) is 15.8. The molecule has 0 saturated carbocycles. The molecule has 17 heavy (non-hydrogen) atoms. The number of para-hydroxylation sites is 2. The fourth-order valence-corrected chi connectivity index (χ4v) is 2.02. The molecule has 1 aromatic rings. The van der Waals surface area contributed by atoms with Crippen molar-refractivity contribution >= 4 is 17.3 Å². The van der Waals surface area contributed by atoms with Crippen molar-refractivity contribution in [2.24, 2.45) is 0 Å². The summed E-state index contributed by atoms with van der Waals surface area (Å²) in [6.45, 7) is 2.01. The maximum absolute atomic E-state index is 12.1. The predicted molar refractivity (Wildman–Crippen MR) is 68.4 cm³/mol. The van der Waals surface area contributed by atoms with E-state index in [0.717, 1.165) is 24.3 Å². The van der Waals surface area contributed by atoms with Crippen molar-refractivity contribution in [3.05, 3.63) is 24.3 Å². The van der Waals surface area contributed by atoms with Crippen molar-refractivity contribution in [2.45, 2.75) is 12.8 Å². The van der Waals surface area contributed by atoms with Crippen molar-refractivity contribution in [3.8, 4) is 0 Å². The predicted octanol–water partition coefficient (Wildman–Crippen LogP) is 1.87. The molecule has 1 aromatic carbocycles. The highest BCUT2D eigenvalue weighted by molar-refractivity contribution is 5.97. The molecule has 1 aliphatic rings. The molecule has 0 atom stereocenters. The van der Waals surface area contributed by atoms with Gasteiger partial charge in [-0.25, -0.2) is 0 Å². The van der Waals surface area contributed by atoms with Gasteiger partial charge in [-0.15, -0.1) is 0 Å². The average Bonchev–Trinajstić information content (AvgIpc) is 2.34. The summed E-state index contributed by atoms with van der Waals surface area (Å²) >= 11 is 0. The van der Waals surface area contributed by atoms with E-state index in [2.05, 4.69) is 5.32 Å². The highest BCUT2D eigenvalue weighted by Gasteiger charge is 2.19. The monoisotopic (exact) mass is 234 g/mol. The average molecular weight is 234 g/mol. The van der Waals surface area contributed by atoms with Gasteiger partial charge in [0, 0.05) is 26.6 Å². The summed E-state index contributed by atoms with van der Waals surface area (Å²) in [6.07, 6.45) is 1.46. The fourth-order valence-electron chi connectivity index (χ4n) is 2.02. The zero-order valence-electron chi connectivity index (χ0n) is 10.1. The van der Waals surface area contributed by atoms with Crippen molar-refractivity contribution in [2.75, 3.05) is 37.0 Å². The first kappa shape index (κ1) is 11.9. The number of amides is 1. The van der Waals surface area contributed by atoms with Gasteiger partial charge in [-0.1, -0.05) is 12.1 Å². The molecule has 0 saturated heterocycles. The zero-order valence-corrected chi connectivity index (χ0v) is 10.1. The van der Waals surface area contributed by atoms with Gasteiger partial charge >= 0.3 is 0 Å². The standard InChI is InChI=1S/C13H18N2O2/c1-17-10-9-15-12-6-3-2-5-11(12)14-8-4-7-13(15)16/h2-3,5-6,14H,4,7-10H2,1H3. The maximum atomic E-state index is 12.1. The summed E-state index contributed by atoms with van der Waals surface area (Å²) in [7, 11) is 1.65. The Kier molecular flexibility index (Phi) is 3.98. The van der Waals surface area contributed by atoms with Crippen molar-refractivity contribution in [1.82, 2.24) is 0 Å². The number of carbonyl (C=O) groups is 1. The van der Waals surface area contributed by atoms with Gasteiger partial charge in [0.05, 0.1) is 18.0 Å². The fraction of sp³-hybridized carbons (Fsp3) is 0.462. The SMILES string of the molecule is COCCN1C(=O)CCCNc2ccccc21. The second-order valence-electron chi connectivity index (χ2n) is 4.09. The Morgan fingerprint density at radius 1 is 1.41 bits per heavy atom. The number of rotatable bonds is 3. The largest absolute Gasteiger partial charge is 0.383 e. The maximum Gasteiger partial charge on any atom is 0.227 e. The van der Waals surface area contributed by atoms with E-state index in [9.17, 15) is 4.79 Å². The van der Waals surface area contributed by atoms with Gasteiger partial charge in [-0.05, 0) is 18.6 Å². The van der Waals surface area contributed by atoms with Gasteiger partial charge in [0.1, 0.15) is 0 Å². The Hall–Kier alpha value is -1.55. The molecule has 4 nitrogen and oxygen atoms in total. The lowest BCUT2D eigenvalue weighted by Crippen LogP contribution is -2.35. The minimum Gasteiger partial charge on any atom is -0.383 e. The molecular formula is C13H18N2O2. The molecule has 1 heterocycles. The highest BCUT2D eigenvalue weighted by Crippen LogP contribution is 2.27. The number of nitrogens with zero attached hydrogens (tertiary/aromatic N) is 1. The Bertz CT molecular complexity index is 393. The van der Waals surface area contributed by atoms with Crippen LogP contribution >= 0.6 is 0 Å². The van der Waals surface area contributed by atoms with Crippen LogP contribution in [0.3, 0.4) is 0 Å². The number of benzene rings is 1. The number of hydrogen-bond donors (Lipinski definition) is 1. The third kappa shape index (κ3) is 2.77. The molecule has 0 aromatic heterocycles. The Morgan fingerprint density at radius 2 is 2.24 bits per heavy atom. The van der Waals surface area contributed by atoms with Crippen molar-refractivity contribution < 1.29 is 9.53 Å². The molecule has 0 bridgehead atoms. The van der Waals surface area contributed by atoms with Crippen LogP contribution in [0.15, 0.2) is 24.3 Å². The molecule has 1 aliphatic heterocycles. The molecule has 1 amide bonds. The summed E-state index contributed by atoms with van der Waals surface area (Å²) in [5.41, 5.74) is 1.98. The van der Waals surface area contributed by atoms with Crippen LogP contribution in [0.5, 0.6) is 0 Å². The lowest BCUT2D eigenvalue weighted by Gasteiger charge is -2.27.